The normalized spacial score (nSPS) is 14.4. The Bertz CT molecular complexity index is 1190. The number of imide groups is 1. The van der Waals surface area contributed by atoms with Gasteiger partial charge in [0.05, 0.1) is 16.8 Å². The van der Waals surface area contributed by atoms with E-state index in [-0.39, 0.29) is 23.3 Å². The lowest BCUT2D eigenvalue weighted by Gasteiger charge is -2.16. The van der Waals surface area contributed by atoms with Crippen LogP contribution in [0.3, 0.4) is 0 Å². The molecule has 0 bridgehead atoms. The van der Waals surface area contributed by atoms with Crippen LogP contribution in [0.1, 0.15) is 41.8 Å². The molecule has 0 spiro atoms. The van der Waals surface area contributed by atoms with Gasteiger partial charge < -0.3 is 5.11 Å². The van der Waals surface area contributed by atoms with Crippen molar-refractivity contribution >= 4 is 51.3 Å². The number of anilines is 1. The fourth-order valence-corrected chi connectivity index (χ4v) is 6.33. The zero-order valence-electron chi connectivity index (χ0n) is 17.8. The second kappa shape index (κ2) is 7.22. The van der Waals surface area contributed by atoms with Crippen LogP contribution in [-0.2, 0) is 9.59 Å². The van der Waals surface area contributed by atoms with E-state index in [0.29, 0.717) is 11.1 Å². The third kappa shape index (κ3) is 2.86. The third-order valence-corrected chi connectivity index (χ3v) is 8.07. The number of para-hydroxylation sites is 2. The van der Waals surface area contributed by atoms with Gasteiger partial charge in [-0.1, -0.05) is 12.1 Å². The molecule has 3 aromatic rings. The Hall–Kier alpha value is -2.70. The monoisotopic (exact) mass is 437 g/mol. The number of benzene rings is 1. The number of rotatable bonds is 3. The lowest BCUT2D eigenvalue weighted by atomic mass is 9.92. The van der Waals surface area contributed by atoms with Gasteiger partial charge in [0.2, 0.25) is 0 Å². The van der Waals surface area contributed by atoms with Crippen molar-refractivity contribution in [2.45, 2.75) is 41.5 Å². The molecule has 2 amide bonds. The summed E-state index contributed by atoms with van der Waals surface area (Å²) in [4.78, 5) is 32.9. The SMILES string of the molecule is Cc1sc(C)c(C2=C(c3c(C)sc(C)c3C)C(=O)N(c3ccccc3O)C2=O)c1C. The zero-order chi connectivity index (χ0) is 21.9. The van der Waals surface area contributed by atoms with E-state index in [9.17, 15) is 14.7 Å². The fraction of sp³-hybridized carbons (Fsp3) is 0.250. The molecule has 0 saturated heterocycles. The van der Waals surface area contributed by atoms with Crippen LogP contribution < -0.4 is 4.90 Å². The third-order valence-electron chi connectivity index (χ3n) is 5.83. The largest absolute Gasteiger partial charge is 0.506 e. The number of carbonyl (C=O) groups excluding carboxylic acids is 2. The number of carbonyl (C=O) groups is 2. The maximum atomic E-state index is 13.7. The summed E-state index contributed by atoms with van der Waals surface area (Å²) in [5.74, 6) is -0.865. The number of phenolic OH excluding ortho intramolecular Hbond substituents is 1. The Morgan fingerprint density at radius 3 is 1.50 bits per heavy atom. The first-order valence-corrected chi connectivity index (χ1v) is 11.3. The van der Waals surface area contributed by atoms with Crippen molar-refractivity contribution in [1.29, 1.82) is 0 Å². The lowest BCUT2D eigenvalue weighted by molar-refractivity contribution is -0.119. The van der Waals surface area contributed by atoms with Gasteiger partial charge >= 0.3 is 0 Å². The van der Waals surface area contributed by atoms with Crippen LogP contribution in [0.2, 0.25) is 0 Å². The van der Waals surface area contributed by atoms with Gasteiger partial charge in [0.15, 0.2) is 0 Å². The Morgan fingerprint density at radius 1 is 0.700 bits per heavy atom. The van der Waals surface area contributed by atoms with Crippen molar-refractivity contribution in [2.24, 2.45) is 0 Å². The van der Waals surface area contributed by atoms with Gasteiger partial charge in [-0.3, -0.25) is 9.59 Å². The molecular formula is C24H23NO3S2. The number of amides is 2. The average Bonchev–Trinajstić information content (AvgIpc) is 3.18. The van der Waals surface area contributed by atoms with Gasteiger partial charge in [-0.25, -0.2) is 4.90 Å². The van der Waals surface area contributed by atoms with E-state index in [2.05, 4.69) is 0 Å². The molecule has 1 aliphatic rings. The number of nitrogens with zero attached hydrogens (tertiary/aromatic N) is 1. The maximum absolute atomic E-state index is 13.7. The van der Waals surface area contributed by atoms with E-state index in [1.54, 1.807) is 40.9 Å². The topological polar surface area (TPSA) is 57.6 Å². The average molecular weight is 438 g/mol. The minimum absolute atomic E-state index is 0.0929. The molecule has 4 rings (SSSR count). The second-order valence-corrected chi connectivity index (χ2v) is 10.5. The standard InChI is InChI=1S/C24H23NO3S2/c1-11-13(3)29-15(5)19(11)21-22(20-12(2)14(4)30-16(20)6)24(28)25(23(21)27)17-9-7-8-10-18(17)26/h7-10,26H,1-6H3. The first-order chi connectivity index (χ1) is 14.1. The van der Waals surface area contributed by atoms with Gasteiger partial charge in [-0.2, -0.15) is 0 Å². The number of thiophene rings is 2. The first kappa shape index (κ1) is 20.6. The summed E-state index contributed by atoms with van der Waals surface area (Å²) in [5, 5.41) is 10.4. The Morgan fingerprint density at radius 2 is 1.13 bits per heavy atom. The van der Waals surface area contributed by atoms with Crippen LogP contribution in [0, 0.1) is 41.5 Å². The van der Waals surface area contributed by atoms with E-state index in [1.165, 1.54) is 6.07 Å². The highest BCUT2D eigenvalue weighted by molar-refractivity contribution is 7.12. The molecule has 1 aliphatic heterocycles. The Kier molecular flexibility index (Phi) is 4.95. The summed E-state index contributed by atoms with van der Waals surface area (Å²) in [7, 11) is 0. The predicted molar refractivity (Wildman–Crippen MR) is 124 cm³/mol. The molecule has 0 aliphatic carbocycles. The molecule has 0 unspecified atom stereocenters. The molecule has 0 fully saturated rings. The molecule has 0 saturated carbocycles. The number of hydrogen-bond donors (Lipinski definition) is 1. The van der Waals surface area contributed by atoms with Crippen LogP contribution in [0.5, 0.6) is 5.75 Å². The van der Waals surface area contributed by atoms with Crippen molar-refractivity contribution in [3.05, 3.63) is 66.0 Å². The lowest BCUT2D eigenvalue weighted by Crippen LogP contribution is -2.31. The molecule has 0 atom stereocenters. The van der Waals surface area contributed by atoms with E-state index in [4.69, 9.17) is 0 Å². The van der Waals surface area contributed by atoms with Crippen molar-refractivity contribution < 1.29 is 14.7 Å². The highest BCUT2D eigenvalue weighted by Crippen LogP contribution is 2.46. The molecule has 2 aromatic heterocycles. The fourth-order valence-electron chi connectivity index (χ4n) is 4.19. The van der Waals surface area contributed by atoms with Gasteiger partial charge in [-0.05, 0) is 64.8 Å². The molecule has 1 aromatic carbocycles. The highest BCUT2D eigenvalue weighted by Gasteiger charge is 2.44. The zero-order valence-corrected chi connectivity index (χ0v) is 19.5. The van der Waals surface area contributed by atoms with E-state index >= 15 is 0 Å². The Labute approximate surface area is 184 Å². The molecular weight excluding hydrogens is 414 g/mol. The summed E-state index contributed by atoms with van der Waals surface area (Å²) in [6, 6.07) is 6.48. The van der Waals surface area contributed by atoms with Gasteiger partial charge in [0, 0.05) is 30.6 Å². The quantitative estimate of drug-likeness (QED) is 0.523. The van der Waals surface area contributed by atoms with Crippen LogP contribution >= 0.6 is 22.7 Å². The van der Waals surface area contributed by atoms with Crippen molar-refractivity contribution in [2.75, 3.05) is 4.90 Å². The number of aryl methyl sites for hydroxylation is 4. The predicted octanol–water partition coefficient (Wildman–Crippen LogP) is 5.85. The number of phenols is 1. The van der Waals surface area contributed by atoms with Crippen LogP contribution in [-0.4, -0.2) is 16.9 Å². The van der Waals surface area contributed by atoms with Gasteiger partial charge in [-0.15, -0.1) is 22.7 Å². The van der Waals surface area contributed by atoms with Crippen LogP contribution in [0.4, 0.5) is 5.69 Å². The number of hydrogen-bond acceptors (Lipinski definition) is 5. The molecule has 0 radical (unpaired) electrons. The first-order valence-electron chi connectivity index (χ1n) is 9.70. The highest BCUT2D eigenvalue weighted by atomic mass is 32.1. The molecule has 1 N–H and O–H groups in total. The number of aromatic hydroxyl groups is 1. The van der Waals surface area contributed by atoms with E-state index in [1.807, 2.05) is 41.5 Å². The van der Waals surface area contributed by atoms with E-state index in [0.717, 1.165) is 46.7 Å². The molecule has 4 nitrogen and oxygen atoms in total. The summed E-state index contributed by atoms with van der Waals surface area (Å²) >= 11 is 3.27. The summed E-state index contributed by atoms with van der Waals surface area (Å²) in [6.07, 6.45) is 0. The summed E-state index contributed by atoms with van der Waals surface area (Å²) in [5.41, 5.74) is 4.81. The molecule has 30 heavy (non-hydrogen) atoms. The second-order valence-electron chi connectivity index (χ2n) is 7.61. The molecule has 154 valence electrons. The van der Waals surface area contributed by atoms with Crippen LogP contribution in [0.25, 0.3) is 11.1 Å². The maximum Gasteiger partial charge on any atom is 0.266 e. The summed E-state index contributed by atoms with van der Waals surface area (Å²) in [6.45, 7) is 12.0. The molecule has 6 heteroatoms. The van der Waals surface area contributed by atoms with Gasteiger partial charge in [0.25, 0.3) is 11.8 Å². The van der Waals surface area contributed by atoms with Gasteiger partial charge in [0.1, 0.15) is 5.75 Å². The van der Waals surface area contributed by atoms with E-state index < -0.39 is 0 Å². The Balaban J connectivity index is 2.06. The van der Waals surface area contributed by atoms with Crippen molar-refractivity contribution in [1.82, 2.24) is 0 Å². The van der Waals surface area contributed by atoms with Crippen molar-refractivity contribution in [3.63, 3.8) is 0 Å². The smallest absolute Gasteiger partial charge is 0.266 e. The molecule has 3 heterocycles. The van der Waals surface area contributed by atoms with Crippen molar-refractivity contribution in [3.8, 4) is 5.75 Å². The van der Waals surface area contributed by atoms with Crippen LogP contribution in [0.15, 0.2) is 24.3 Å². The minimum atomic E-state index is -0.386. The minimum Gasteiger partial charge on any atom is -0.506 e. The summed E-state index contributed by atoms with van der Waals surface area (Å²) < 4.78 is 0.